The first kappa shape index (κ1) is 18.8. The van der Waals surface area contributed by atoms with Crippen LogP contribution in [-0.2, 0) is 4.79 Å². The van der Waals surface area contributed by atoms with Crippen LogP contribution >= 0.6 is 11.8 Å². The van der Waals surface area contributed by atoms with Crippen LogP contribution in [0.2, 0.25) is 0 Å². The molecule has 1 amide bonds. The van der Waals surface area contributed by atoms with Gasteiger partial charge in [-0.1, -0.05) is 36.0 Å². The van der Waals surface area contributed by atoms with Crippen molar-refractivity contribution in [1.29, 1.82) is 0 Å². The van der Waals surface area contributed by atoms with Crippen molar-refractivity contribution in [2.45, 2.75) is 5.03 Å². The van der Waals surface area contributed by atoms with Crippen LogP contribution < -0.4 is 19.5 Å². The number of carbonyl (C=O) groups is 1. The van der Waals surface area contributed by atoms with Gasteiger partial charge in [0.05, 0.1) is 37.6 Å². The number of methoxy groups -OCH3 is 3. The Labute approximate surface area is 161 Å². The molecule has 3 rings (SSSR count). The van der Waals surface area contributed by atoms with Gasteiger partial charge in [0.2, 0.25) is 11.7 Å². The van der Waals surface area contributed by atoms with Gasteiger partial charge in [-0.05, 0) is 12.1 Å². The van der Waals surface area contributed by atoms with Crippen LogP contribution in [0.15, 0.2) is 53.6 Å². The fourth-order valence-corrected chi connectivity index (χ4v) is 3.30. The number of benzene rings is 2. The molecule has 0 aliphatic heterocycles. The summed E-state index contributed by atoms with van der Waals surface area (Å²) >= 11 is 1.38. The van der Waals surface area contributed by atoms with E-state index in [1.807, 2.05) is 36.4 Å². The van der Waals surface area contributed by atoms with Gasteiger partial charge in [-0.15, -0.1) is 0 Å². The Hall–Kier alpha value is -2.93. The second-order valence-electron chi connectivity index (χ2n) is 5.59. The first-order valence-corrected chi connectivity index (χ1v) is 9.21. The van der Waals surface area contributed by atoms with Gasteiger partial charge in [0, 0.05) is 23.2 Å². The van der Waals surface area contributed by atoms with E-state index < -0.39 is 0 Å². The van der Waals surface area contributed by atoms with Gasteiger partial charge in [-0.25, -0.2) is 4.98 Å². The van der Waals surface area contributed by atoms with Crippen molar-refractivity contribution >= 4 is 34.3 Å². The molecule has 0 aliphatic rings. The molecule has 1 heterocycles. The molecule has 0 atom stereocenters. The predicted octanol–water partition coefficient (Wildman–Crippen LogP) is 3.99. The number of aromatic nitrogens is 1. The fraction of sp³-hybridized carbons (Fsp3) is 0.200. The van der Waals surface area contributed by atoms with Gasteiger partial charge in [0.25, 0.3) is 0 Å². The van der Waals surface area contributed by atoms with Gasteiger partial charge in [-0.3, -0.25) is 4.79 Å². The van der Waals surface area contributed by atoms with E-state index in [9.17, 15) is 4.79 Å². The highest BCUT2D eigenvalue weighted by Crippen LogP contribution is 2.40. The number of hydrogen-bond acceptors (Lipinski definition) is 6. The lowest BCUT2D eigenvalue weighted by Crippen LogP contribution is -2.14. The van der Waals surface area contributed by atoms with Crippen molar-refractivity contribution in [3.8, 4) is 17.2 Å². The second-order valence-corrected chi connectivity index (χ2v) is 6.59. The quantitative estimate of drug-likeness (QED) is 0.621. The maximum absolute atomic E-state index is 12.3. The van der Waals surface area contributed by atoms with Gasteiger partial charge in [0.1, 0.15) is 0 Å². The third-order valence-electron chi connectivity index (χ3n) is 3.87. The summed E-state index contributed by atoms with van der Waals surface area (Å²) < 4.78 is 15.9. The number of nitrogens with zero attached hydrogens (tertiary/aromatic N) is 1. The number of para-hydroxylation sites is 1. The Bertz CT molecular complexity index is 937. The SMILES string of the molecule is COc1cc(NC(=O)CSc2ccc3ccccc3n2)cc(OC)c1OC. The van der Waals surface area contributed by atoms with E-state index in [0.717, 1.165) is 15.9 Å². The van der Waals surface area contributed by atoms with E-state index in [0.29, 0.717) is 22.9 Å². The molecule has 3 aromatic rings. The Morgan fingerprint density at radius 1 is 1.00 bits per heavy atom. The van der Waals surface area contributed by atoms with Crippen molar-refractivity contribution in [2.24, 2.45) is 0 Å². The maximum atomic E-state index is 12.3. The molecule has 1 N–H and O–H groups in total. The van der Waals surface area contributed by atoms with Crippen molar-refractivity contribution in [1.82, 2.24) is 4.98 Å². The number of carbonyl (C=O) groups excluding carboxylic acids is 1. The number of hydrogen-bond donors (Lipinski definition) is 1. The van der Waals surface area contributed by atoms with Crippen molar-refractivity contribution < 1.29 is 19.0 Å². The zero-order valence-corrected chi connectivity index (χ0v) is 16.1. The summed E-state index contributed by atoms with van der Waals surface area (Å²) in [5.74, 6) is 1.53. The molecule has 7 heteroatoms. The molecule has 0 unspecified atom stereocenters. The van der Waals surface area contributed by atoms with Gasteiger partial charge in [-0.2, -0.15) is 0 Å². The number of fused-ring (bicyclic) bond motifs is 1. The van der Waals surface area contributed by atoms with Crippen molar-refractivity contribution in [2.75, 3.05) is 32.4 Å². The Morgan fingerprint density at radius 3 is 2.37 bits per heavy atom. The van der Waals surface area contributed by atoms with Crippen LogP contribution in [0.3, 0.4) is 0 Å². The predicted molar refractivity (Wildman–Crippen MR) is 107 cm³/mol. The molecule has 0 saturated carbocycles. The monoisotopic (exact) mass is 384 g/mol. The molecule has 27 heavy (non-hydrogen) atoms. The largest absolute Gasteiger partial charge is 0.493 e. The number of nitrogens with one attached hydrogen (secondary N) is 1. The minimum Gasteiger partial charge on any atom is -0.493 e. The summed E-state index contributed by atoms with van der Waals surface area (Å²) in [6.45, 7) is 0. The summed E-state index contributed by atoms with van der Waals surface area (Å²) in [5.41, 5.74) is 1.48. The Kier molecular flexibility index (Phi) is 6.03. The number of amides is 1. The van der Waals surface area contributed by atoms with Crippen LogP contribution in [0.5, 0.6) is 17.2 Å². The van der Waals surface area contributed by atoms with E-state index in [-0.39, 0.29) is 11.7 Å². The van der Waals surface area contributed by atoms with Crippen molar-refractivity contribution in [3.05, 3.63) is 48.5 Å². The molecule has 0 spiro atoms. The first-order valence-electron chi connectivity index (χ1n) is 8.23. The molecular weight excluding hydrogens is 364 g/mol. The standard InChI is InChI=1S/C20H20N2O4S/c1-24-16-10-14(11-17(25-2)20(16)26-3)21-18(23)12-27-19-9-8-13-6-4-5-7-15(13)22-19/h4-11H,12H2,1-3H3,(H,21,23). The lowest BCUT2D eigenvalue weighted by molar-refractivity contribution is -0.113. The summed E-state index contributed by atoms with van der Waals surface area (Å²) in [4.78, 5) is 16.9. The molecule has 0 radical (unpaired) electrons. The van der Waals surface area contributed by atoms with E-state index in [1.165, 1.54) is 33.1 Å². The van der Waals surface area contributed by atoms with Crippen LogP contribution in [0, 0.1) is 0 Å². The van der Waals surface area contributed by atoms with Crippen LogP contribution in [-0.4, -0.2) is 38.0 Å². The number of pyridine rings is 1. The van der Waals surface area contributed by atoms with E-state index >= 15 is 0 Å². The van der Waals surface area contributed by atoms with Crippen LogP contribution in [0.25, 0.3) is 10.9 Å². The molecule has 6 nitrogen and oxygen atoms in total. The molecule has 2 aromatic carbocycles. The number of anilines is 1. The van der Waals surface area contributed by atoms with Gasteiger partial charge >= 0.3 is 0 Å². The molecule has 0 fully saturated rings. The van der Waals surface area contributed by atoms with Gasteiger partial charge < -0.3 is 19.5 Å². The summed E-state index contributed by atoms with van der Waals surface area (Å²) in [7, 11) is 4.60. The first-order chi connectivity index (χ1) is 13.1. The minimum absolute atomic E-state index is 0.149. The lowest BCUT2D eigenvalue weighted by Gasteiger charge is -2.14. The zero-order chi connectivity index (χ0) is 19.2. The molecule has 0 saturated heterocycles. The Balaban J connectivity index is 1.68. The van der Waals surface area contributed by atoms with Crippen molar-refractivity contribution in [3.63, 3.8) is 0 Å². The molecule has 0 bridgehead atoms. The topological polar surface area (TPSA) is 69.7 Å². The summed E-state index contributed by atoms with van der Waals surface area (Å²) in [5, 5.41) is 4.72. The third kappa shape index (κ3) is 4.43. The van der Waals surface area contributed by atoms with E-state index in [4.69, 9.17) is 14.2 Å². The van der Waals surface area contributed by atoms with Gasteiger partial charge in [0.15, 0.2) is 11.5 Å². The number of rotatable bonds is 7. The van der Waals surface area contributed by atoms with Crippen LogP contribution in [0.4, 0.5) is 5.69 Å². The summed E-state index contributed by atoms with van der Waals surface area (Å²) in [6.07, 6.45) is 0. The lowest BCUT2D eigenvalue weighted by atomic mass is 10.2. The highest BCUT2D eigenvalue weighted by Gasteiger charge is 2.14. The number of thioether (sulfide) groups is 1. The van der Waals surface area contributed by atoms with Crippen LogP contribution in [0.1, 0.15) is 0 Å². The second kappa shape index (κ2) is 8.64. The molecule has 1 aromatic heterocycles. The highest BCUT2D eigenvalue weighted by atomic mass is 32.2. The maximum Gasteiger partial charge on any atom is 0.234 e. The average Bonchev–Trinajstić information content (AvgIpc) is 2.71. The smallest absolute Gasteiger partial charge is 0.234 e. The zero-order valence-electron chi connectivity index (χ0n) is 15.3. The van der Waals surface area contributed by atoms with E-state index in [2.05, 4.69) is 10.3 Å². The molecule has 140 valence electrons. The number of ether oxygens (including phenoxy) is 3. The Morgan fingerprint density at radius 2 is 1.70 bits per heavy atom. The van der Waals surface area contributed by atoms with E-state index in [1.54, 1.807) is 12.1 Å². The molecule has 0 aliphatic carbocycles. The molecular formula is C20H20N2O4S. The summed E-state index contributed by atoms with van der Waals surface area (Å²) in [6, 6.07) is 15.2. The average molecular weight is 384 g/mol. The highest BCUT2D eigenvalue weighted by molar-refractivity contribution is 7.99. The fourth-order valence-electron chi connectivity index (χ4n) is 2.62. The normalized spacial score (nSPS) is 10.5. The third-order valence-corrected chi connectivity index (χ3v) is 4.80. The minimum atomic E-state index is -0.149.